The summed E-state index contributed by atoms with van der Waals surface area (Å²) < 4.78 is 6.67. The van der Waals surface area contributed by atoms with Gasteiger partial charge in [0, 0.05) is 33.4 Å². The van der Waals surface area contributed by atoms with E-state index < -0.39 is 0 Å². The van der Waals surface area contributed by atoms with Gasteiger partial charge < -0.3 is 15.4 Å². The molecule has 1 heterocycles. The summed E-state index contributed by atoms with van der Waals surface area (Å²) in [6, 6.07) is 9.73. The minimum atomic E-state index is -0.187. The number of methoxy groups -OCH3 is 1. The molecule has 6 nitrogen and oxygen atoms in total. The van der Waals surface area contributed by atoms with E-state index in [1.54, 1.807) is 31.1 Å². The summed E-state index contributed by atoms with van der Waals surface area (Å²) in [6.45, 7) is 2.33. The molecule has 1 aromatic heterocycles. The Kier molecular flexibility index (Phi) is 5.48. The van der Waals surface area contributed by atoms with Crippen molar-refractivity contribution in [3.63, 3.8) is 0 Å². The van der Waals surface area contributed by atoms with Gasteiger partial charge in [-0.1, -0.05) is 12.1 Å². The lowest BCUT2D eigenvalue weighted by Crippen LogP contribution is -2.18. The lowest BCUT2D eigenvalue weighted by molar-refractivity contribution is 0.0957. The van der Waals surface area contributed by atoms with Crippen LogP contribution in [-0.2, 0) is 11.3 Å². The van der Waals surface area contributed by atoms with Crippen molar-refractivity contribution in [2.75, 3.05) is 27.3 Å². The molecule has 2 aromatic rings. The predicted octanol–water partition coefficient (Wildman–Crippen LogP) is 0.968. The normalized spacial score (nSPS) is 10.6. The molecule has 0 unspecified atom stereocenters. The maximum Gasteiger partial charge on any atom is 0.271 e. The molecule has 0 fully saturated rings. The van der Waals surface area contributed by atoms with Gasteiger partial charge in [0.05, 0.1) is 12.3 Å². The molecule has 6 heteroatoms. The van der Waals surface area contributed by atoms with E-state index in [4.69, 9.17) is 4.74 Å². The van der Waals surface area contributed by atoms with Gasteiger partial charge in [0.15, 0.2) is 5.69 Å². The molecule has 112 valence electrons. The van der Waals surface area contributed by atoms with Crippen LogP contribution in [0.3, 0.4) is 0 Å². The maximum absolute atomic E-state index is 11.5. The van der Waals surface area contributed by atoms with E-state index in [2.05, 4.69) is 15.7 Å². The van der Waals surface area contributed by atoms with Crippen molar-refractivity contribution < 1.29 is 9.53 Å². The average molecular weight is 288 g/mol. The van der Waals surface area contributed by atoms with Crippen LogP contribution in [0.1, 0.15) is 16.1 Å². The molecule has 2 rings (SSSR count). The summed E-state index contributed by atoms with van der Waals surface area (Å²) in [5.74, 6) is -0.187. The van der Waals surface area contributed by atoms with Crippen LogP contribution in [0, 0.1) is 0 Å². The number of nitrogens with zero attached hydrogens (tertiary/aromatic N) is 2. The first-order valence-electron chi connectivity index (χ1n) is 6.81. The number of carbonyl (C=O) groups excluding carboxylic acids is 1. The molecule has 0 spiro atoms. The summed E-state index contributed by atoms with van der Waals surface area (Å²) in [5.41, 5.74) is 2.52. The Bertz CT molecular complexity index is 578. The van der Waals surface area contributed by atoms with Gasteiger partial charge in [-0.05, 0) is 23.8 Å². The first-order valence-corrected chi connectivity index (χ1v) is 6.81. The first-order chi connectivity index (χ1) is 10.2. The zero-order valence-electron chi connectivity index (χ0n) is 12.3. The highest BCUT2D eigenvalue weighted by molar-refractivity contribution is 5.91. The van der Waals surface area contributed by atoms with Gasteiger partial charge in [0.25, 0.3) is 5.91 Å². The minimum Gasteiger partial charge on any atom is -0.383 e. The van der Waals surface area contributed by atoms with Crippen LogP contribution < -0.4 is 10.6 Å². The Labute approximate surface area is 124 Å². The second-order valence-electron chi connectivity index (χ2n) is 4.56. The third-order valence-electron chi connectivity index (χ3n) is 3.06. The van der Waals surface area contributed by atoms with Crippen molar-refractivity contribution in [1.29, 1.82) is 0 Å². The van der Waals surface area contributed by atoms with Crippen molar-refractivity contribution >= 4 is 5.91 Å². The third kappa shape index (κ3) is 4.14. The molecule has 0 aliphatic heterocycles. The zero-order chi connectivity index (χ0) is 15.1. The second kappa shape index (κ2) is 7.56. The summed E-state index contributed by atoms with van der Waals surface area (Å²) in [4.78, 5) is 11.5. The average Bonchev–Trinajstić information content (AvgIpc) is 3.01. The van der Waals surface area contributed by atoms with Crippen molar-refractivity contribution in [2.24, 2.45) is 0 Å². The van der Waals surface area contributed by atoms with Crippen molar-refractivity contribution in [2.45, 2.75) is 6.54 Å². The fourth-order valence-corrected chi connectivity index (χ4v) is 1.89. The number of nitrogens with one attached hydrogen (secondary N) is 2. The number of rotatable bonds is 7. The smallest absolute Gasteiger partial charge is 0.271 e. The number of ether oxygens (including phenoxy) is 1. The molecule has 0 atom stereocenters. The molecule has 0 radical (unpaired) electrons. The van der Waals surface area contributed by atoms with Gasteiger partial charge in [0.2, 0.25) is 0 Å². The SMILES string of the molecule is CNC(=O)c1ccn(-c2ccc(CNCCOC)cc2)n1. The third-order valence-corrected chi connectivity index (χ3v) is 3.06. The molecule has 0 aliphatic rings. The first kappa shape index (κ1) is 15.2. The van der Waals surface area contributed by atoms with E-state index in [1.807, 2.05) is 24.3 Å². The Morgan fingerprint density at radius 1 is 1.29 bits per heavy atom. The van der Waals surface area contributed by atoms with Crippen LogP contribution in [0.25, 0.3) is 5.69 Å². The van der Waals surface area contributed by atoms with Crippen LogP contribution in [-0.4, -0.2) is 43.0 Å². The summed E-state index contributed by atoms with van der Waals surface area (Å²) >= 11 is 0. The topological polar surface area (TPSA) is 68.2 Å². The number of hydrogen-bond donors (Lipinski definition) is 2. The largest absolute Gasteiger partial charge is 0.383 e. The van der Waals surface area contributed by atoms with E-state index in [1.165, 1.54) is 5.56 Å². The van der Waals surface area contributed by atoms with E-state index in [0.29, 0.717) is 12.3 Å². The van der Waals surface area contributed by atoms with Gasteiger partial charge in [-0.2, -0.15) is 5.10 Å². The number of aromatic nitrogens is 2. The lowest BCUT2D eigenvalue weighted by Gasteiger charge is -2.06. The minimum absolute atomic E-state index is 0.187. The predicted molar refractivity (Wildman–Crippen MR) is 80.5 cm³/mol. The van der Waals surface area contributed by atoms with Crippen molar-refractivity contribution in [1.82, 2.24) is 20.4 Å². The highest BCUT2D eigenvalue weighted by Gasteiger charge is 2.07. The maximum atomic E-state index is 11.5. The standard InChI is InChI=1S/C15H20N4O2/c1-16-15(20)14-7-9-19(18-14)13-5-3-12(4-6-13)11-17-8-10-21-2/h3-7,9,17H,8,10-11H2,1-2H3,(H,16,20). The second-order valence-corrected chi connectivity index (χ2v) is 4.56. The molecule has 0 saturated carbocycles. The molecular formula is C15H20N4O2. The fraction of sp³-hybridized carbons (Fsp3) is 0.333. The molecule has 1 amide bonds. The number of hydrogen-bond acceptors (Lipinski definition) is 4. The molecule has 2 N–H and O–H groups in total. The van der Waals surface area contributed by atoms with Crippen LogP contribution in [0.4, 0.5) is 0 Å². The van der Waals surface area contributed by atoms with Crippen LogP contribution in [0.15, 0.2) is 36.5 Å². The number of carbonyl (C=O) groups is 1. The number of benzene rings is 1. The lowest BCUT2D eigenvalue weighted by atomic mass is 10.2. The van der Waals surface area contributed by atoms with Crippen LogP contribution in [0.2, 0.25) is 0 Å². The van der Waals surface area contributed by atoms with Gasteiger partial charge in [-0.25, -0.2) is 4.68 Å². The van der Waals surface area contributed by atoms with E-state index in [9.17, 15) is 4.79 Å². The van der Waals surface area contributed by atoms with E-state index in [-0.39, 0.29) is 5.91 Å². The quantitative estimate of drug-likeness (QED) is 0.745. The molecule has 21 heavy (non-hydrogen) atoms. The highest BCUT2D eigenvalue weighted by Crippen LogP contribution is 2.10. The van der Waals surface area contributed by atoms with Crippen LogP contribution >= 0.6 is 0 Å². The molecule has 0 bridgehead atoms. The van der Waals surface area contributed by atoms with Gasteiger partial charge in [-0.3, -0.25) is 4.79 Å². The monoisotopic (exact) mass is 288 g/mol. The molecule has 0 aliphatic carbocycles. The highest BCUT2D eigenvalue weighted by atomic mass is 16.5. The Morgan fingerprint density at radius 2 is 2.05 bits per heavy atom. The molecule has 1 aromatic carbocycles. The van der Waals surface area contributed by atoms with E-state index >= 15 is 0 Å². The number of amides is 1. The van der Waals surface area contributed by atoms with Crippen molar-refractivity contribution in [3.05, 3.63) is 47.8 Å². The molecular weight excluding hydrogens is 268 g/mol. The van der Waals surface area contributed by atoms with Gasteiger partial charge in [0.1, 0.15) is 0 Å². The van der Waals surface area contributed by atoms with Crippen molar-refractivity contribution in [3.8, 4) is 5.69 Å². The van der Waals surface area contributed by atoms with Crippen LogP contribution in [0.5, 0.6) is 0 Å². The molecule has 0 saturated heterocycles. The Morgan fingerprint density at radius 3 is 2.71 bits per heavy atom. The fourth-order valence-electron chi connectivity index (χ4n) is 1.89. The van der Waals surface area contributed by atoms with Gasteiger partial charge >= 0.3 is 0 Å². The summed E-state index contributed by atoms with van der Waals surface area (Å²) in [6.07, 6.45) is 1.77. The Hall–Kier alpha value is -2.18. The van der Waals surface area contributed by atoms with Gasteiger partial charge in [-0.15, -0.1) is 0 Å². The summed E-state index contributed by atoms with van der Waals surface area (Å²) in [7, 11) is 3.28. The van der Waals surface area contributed by atoms with E-state index in [0.717, 1.165) is 18.8 Å². The summed E-state index contributed by atoms with van der Waals surface area (Å²) in [5, 5.41) is 10.1. The zero-order valence-corrected chi connectivity index (χ0v) is 12.3. The Balaban J connectivity index is 1.98.